The number of nitrogens with zero attached hydrogens (tertiary/aromatic N) is 2. The minimum atomic E-state index is 0.0758. The first kappa shape index (κ1) is 13.2. The van der Waals surface area contributed by atoms with E-state index >= 15 is 0 Å². The van der Waals surface area contributed by atoms with Gasteiger partial charge in [-0.1, -0.05) is 6.92 Å². The van der Waals surface area contributed by atoms with Crippen LogP contribution in [0.25, 0.3) is 0 Å². The van der Waals surface area contributed by atoms with E-state index in [9.17, 15) is 0 Å². The molecule has 1 atom stereocenters. The molecule has 3 rings (SSSR count). The molecule has 0 radical (unpaired) electrons. The van der Waals surface area contributed by atoms with Crippen molar-refractivity contribution in [2.75, 3.05) is 30.0 Å². The Hall–Kier alpha value is -0.810. The summed E-state index contributed by atoms with van der Waals surface area (Å²) < 4.78 is 5.81. The van der Waals surface area contributed by atoms with Crippen molar-refractivity contribution in [1.29, 1.82) is 0 Å². The lowest BCUT2D eigenvalue weighted by Crippen LogP contribution is -2.20. The highest BCUT2D eigenvalue weighted by Gasteiger charge is 2.24. The zero-order valence-electron chi connectivity index (χ0n) is 11.4. The van der Waals surface area contributed by atoms with Gasteiger partial charge in [0.25, 0.3) is 0 Å². The third kappa shape index (κ3) is 2.87. The molecule has 1 aliphatic carbocycles. The zero-order valence-corrected chi connectivity index (χ0v) is 12.3. The second-order valence-corrected chi connectivity index (χ2v) is 6.22. The van der Waals surface area contributed by atoms with Crippen LogP contribution in [0.4, 0.5) is 5.82 Å². The fourth-order valence-corrected chi connectivity index (χ4v) is 3.46. The van der Waals surface area contributed by atoms with Gasteiger partial charge in [0.1, 0.15) is 11.9 Å². The van der Waals surface area contributed by atoms with E-state index in [2.05, 4.69) is 12.2 Å². The molecule has 1 aromatic heterocycles. The Balaban J connectivity index is 1.87. The number of rotatable bonds is 4. The van der Waals surface area contributed by atoms with Gasteiger partial charge in [0.15, 0.2) is 5.82 Å². The maximum Gasteiger partial charge on any atom is 0.160 e. The van der Waals surface area contributed by atoms with Gasteiger partial charge in [0, 0.05) is 29.3 Å². The van der Waals surface area contributed by atoms with E-state index in [1.165, 1.54) is 17.7 Å². The molecular formula is C14H21N3OS. The van der Waals surface area contributed by atoms with Crippen LogP contribution in [0.3, 0.4) is 0 Å². The van der Waals surface area contributed by atoms with Gasteiger partial charge in [-0.3, -0.25) is 0 Å². The quantitative estimate of drug-likeness (QED) is 0.918. The van der Waals surface area contributed by atoms with Crippen LogP contribution >= 0.6 is 11.8 Å². The molecule has 1 unspecified atom stereocenters. The molecule has 5 heteroatoms. The summed E-state index contributed by atoms with van der Waals surface area (Å²) in [5, 5.41) is 3.46. The van der Waals surface area contributed by atoms with Crippen LogP contribution in [0.2, 0.25) is 0 Å². The first-order valence-corrected chi connectivity index (χ1v) is 8.37. The molecule has 1 fully saturated rings. The van der Waals surface area contributed by atoms with Crippen LogP contribution in [-0.2, 0) is 17.6 Å². The monoisotopic (exact) mass is 279 g/mol. The SMILES string of the molecule is CCCNc1nc(C2CSCCO2)nc2c1CCC2. The summed E-state index contributed by atoms with van der Waals surface area (Å²) in [6.45, 7) is 3.97. The van der Waals surface area contributed by atoms with Crippen LogP contribution in [0.1, 0.15) is 43.0 Å². The van der Waals surface area contributed by atoms with E-state index in [4.69, 9.17) is 14.7 Å². The largest absolute Gasteiger partial charge is 0.370 e. The summed E-state index contributed by atoms with van der Waals surface area (Å²) >= 11 is 1.93. The molecule has 0 aromatic carbocycles. The zero-order chi connectivity index (χ0) is 13.1. The van der Waals surface area contributed by atoms with E-state index in [0.717, 1.165) is 55.6 Å². The number of thioether (sulfide) groups is 1. The maximum absolute atomic E-state index is 5.81. The van der Waals surface area contributed by atoms with Crippen molar-refractivity contribution in [1.82, 2.24) is 9.97 Å². The van der Waals surface area contributed by atoms with Crippen LogP contribution in [0, 0.1) is 0 Å². The number of fused-ring (bicyclic) bond motifs is 1. The minimum absolute atomic E-state index is 0.0758. The number of ether oxygens (including phenoxy) is 1. The highest BCUT2D eigenvalue weighted by molar-refractivity contribution is 7.99. The molecule has 0 saturated carbocycles. The van der Waals surface area contributed by atoms with Crippen molar-refractivity contribution in [3.63, 3.8) is 0 Å². The third-order valence-corrected chi connectivity index (χ3v) is 4.59. The Kier molecular flexibility index (Phi) is 4.23. The molecule has 1 aliphatic heterocycles. The predicted molar refractivity (Wildman–Crippen MR) is 78.9 cm³/mol. The number of aryl methyl sites for hydroxylation is 1. The van der Waals surface area contributed by atoms with Gasteiger partial charge in [-0.15, -0.1) is 0 Å². The molecule has 0 spiro atoms. The van der Waals surface area contributed by atoms with Crippen molar-refractivity contribution in [3.05, 3.63) is 17.1 Å². The predicted octanol–water partition coefficient (Wildman–Crippen LogP) is 2.59. The van der Waals surface area contributed by atoms with Gasteiger partial charge >= 0.3 is 0 Å². The summed E-state index contributed by atoms with van der Waals surface area (Å²) in [6.07, 6.45) is 4.60. The van der Waals surface area contributed by atoms with E-state index in [-0.39, 0.29) is 6.10 Å². The molecule has 1 N–H and O–H groups in total. The Morgan fingerprint density at radius 3 is 3.11 bits per heavy atom. The summed E-state index contributed by atoms with van der Waals surface area (Å²) in [5.41, 5.74) is 2.57. The normalized spacial score (nSPS) is 22.3. The van der Waals surface area contributed by atoms with Gasteiger partial charge in [0.2, 0.25) is 0 Å². The lowest BCUT2D eigenvalue weighted by atomic mass is 10.2. The highest BCUT2D eigenvalue weighted by Crippen LogP contribution is 2.30. The average Bonchev–Trinajstić information content (AvgIpc) is 2.94. The van der Waals surface area contributed by atoms with Gasteiger partial charge in [-0.25, -0.2) is 9.97 Å². The van der Waals surface area contributed by atoms with Crippen molar-refractivity contribution in [3.8, 4) is 0 Å². The topological polar surface area (TPSA) is 47.0 Å². The van der Waals surface area contributed by atoms with E-state index in [1.807, 2.05) is 11.8 Å². The molecule has 1 aromatic rings. The number of aromatic nitrogens is 2. The second kappa shape index (κ2) is 6.09. The lowest BCUT2D eigenvalue weighted by molar-refractivity contribution is 0.0694. The summed E-state index contributed by atoms with van der Waals surface area (Å²) in [5.74, 6) is 4.00. The van der Waals surface area contributed by atoms with Crippen molar-refractivity contribution < 1.29 is 4.74 Å². The fourth-order valence-electron chi connectivity index (χ4n) is 2.62. The fraction of sp³-hybridized carbons (Fsp3) is 0.714. The smallest absolute Gasteiger partial charge is 0.160 e. The minimum Gasteiger partial charge on any atom is -0.370 e. The molecule has 19 heavy (non-hydrogen) atoms. The molecule has 104 valence electrons. The first-order chi connectivity index (χ1) is 9.38. The molecular weight excluding hydrogens is 258 g/mol. The molecule has 2 aliphatic rings. The average molecular weight is 279 g/mol. The molecule has 0 bridgehead atoms. The van der Waals surface area contributed by atoms with Gasteiger partial charge < -0.3 is 10.1 Å². The summed E-state index contributed by atoms with van der Waals surface area (Å²) in [7, 11) is 0. The van der Waals surface area contributed by atoms with E-state index < -0.39 is 0 Å². The first-order valence-electron chi connectivity index (χ1n) is 7.21. The number of nitrogens with one attached hydrogen (secondary N) is 1. The summed E-state index contributed by atoms with van der Waals surface area (Å²) in [6, 6.07) is 0. The van der Waals surface area contributed by atoms with Crippen molar-refractivity contribution >= 4 is 17.6 Å². The Bertz CT molecular complexity index is 447. The van der Waals surface area contributed by atoms with Crippen LogP contribution in [0.5, 0.6) is 0 Å². The molecule has 0 amide bonds. The van der Waals surface area contributed by atoms with Crippen molar-refractivity contribution in [2.45, 2.75) is 38.7 Å². The highest BCUT2D eigenvalue weighted by atomic mass is 32.2. The van der Waals surface area contributed by atoms with Gasteiger partial charge in [-0.2, -0.15) is 11.8 Å². The Labute approximate surface area is 118 Å². The maximum atomic E-state index is 5.81. The van der Waals surface area contributed by atoms with E-state index in [1.54, 1.807) is 0 Å². The van der Waals surface area contributed by atoms with E-state index in [0.29, 0.717) is 0 Å². The van der Waals surface area contributed by atoms with Crippen LogP contribution < -0.4 is 5.32 Å². The standard InChI is InChI=1S/C14H21N3OS/c1-2-6-15-13-10-4-3-5-11(10)16-14(17-13)12-9-19-8-7-18-12/h12H,2-9H2,1H3,(H,15,16,17). The van der Waals surface area contributed by atoms with Gasteiger partial charge in [-0.05, 0) is 25.7 Å². The van der Waals surface area contributed by atoms with Crippen molar-refractivity contribution in [2.24, 2.45) is 0 Å². The number of hydrogen-bond acceptors (Lipinski definition) is 5. The second-order valence-electron chi connectivity index (χ2n) is 5.07. The van der Waals surface area contributed by atoms with Crippen LogP contribution in [0.15, 0.2) is 0 Å². The third-order valence-electron chi connectivity index (χ3n) is 3.60. The lowest BCUT2D eigenvalue weighted by Gasteiger charge is -2.22. The summed E-state index contributed by atoms with van der Waals surface area (Å²) in [4.78, 5) is 9.50. The Morgan fingerprint density at radius 2 is 2.32 bits per heavy atom. The molecule has 2 heterocycles. The van der Waals surface area contributed by atoms with Gasteiger partial charge in [0.05, 0.1) is 6.61 Å². The molecule has 1 saturated heterocycles. The number of anilines is 1. The molecule has 4 nitrogen and oxygen atoms in total. The van der Waals surface area contributed by atoms with Crippen LogP contribution in [-0.4, -0.2) is 34.6 Å². The number of hydrogen-bond donors (Lipinski definition) is 1. The Morgan fingerprint density at radius 1 is 1.37 bits per heavy atom.